The van der Waals surface area contributed by atoms with Crippen LogP contribution in [0.5, 0.6) is 17.2 Å². The molecule has 2 atom stereocenters. The second kappa shape index (κ2) is 30.0. The van der Waals surface area contributed by atoms with Crippen molar-refractivity contribution in [2.75, 3.05) is 40.1 Å². The summed E-state index contributed by atoms with van der Waals surface area (Å²) >= 11 is 6.59. The molecule has 2 heterocycles. The summed E-state index contributed by atoms with van der Waals surface area (Å²) in [6.45, 7) is 2.05. The van der Waals surface area contributed by atoms with Crippen molar-refractivity contribution in [2.45, 2.75) is 96.5 Å². The molecule has 396 valence electrons. The summed E-state index contributed by atoms with van der Waals surface area (Å²) in [7, 11) is 1.54. The molecule has 3 aromatic carbocycles. The number of rotatable bonds is 33. The molecule has 0 saturated heterocycles. The molecule has 0 fully saturated rings. The van der Waals surface area contributed by atoms with Gasteiger partial charge in [-0.25, -0.2) is 28.9 Å². The van der Waals surface area contributed by atoms with Crippen LogP contribution in [0.25, 0.3) is 17.3 Å². The molecule has 0 aliphatic carbocycles. The fourth-order valence-electron chi connectivity index (χ4n) is 7.58. The number of ether oxygens (including phenoxy) is 5. The minimum atomic E-state index is -1.01. The van der Waals surface area contributed by atoms with E-state index in [0.29, 0.717) is 95.5 Å². The fourth-order valence-corrected chi connectivity index (χ4v) is 7.75. The molecule has 26 heteroatoms. The number of nitrogens with zero attached hydrogens (tertiary/aromatic N) is 6. The van der Waals surface area contributed by atoms with E-state index in [1.165, 1.54) is 0 Å². The van der Waals surface area contributed by atoms with E-state index in [1.54, 1.807) is 61.8 Å². The van der Waals surface area contributed by atoms with E-state index >= 15 is 0 Å². The van der Waals surface area contributed by atoms with Gasteiger partial charge in [0.1, 0.15) is 49.3 Å². The zero-order chi connectivity index (χ0) is 52.0. The Morgan fingerprint density at radius 2 is 1.47 bits per heavy atom. The predicted molar refractivity (Wildman–Crippen MR) is 244 cm³/mol. The van der Waals surface area contributed by atoms with E-state index in [0.717, 1.165) is 18.4 Å². The van der Waals surface area contributed by atoms with Gasteiger partial charge in [-0.2, -0.15) is 5.10 Å². The number of hydrogen-bond acceptors (Lipinski definition) is 24. The van der Waals surface area contributed by atoms with Crippen LogP contribution in [0.15, 0.2) is 66.4 Å². The smallest absolute Gasteiger partial charge is 0.338 e. The minimum absolute atomic E-state index is 0.00642. The Morgan fingerprint density at radius 3 is 2.11 bits per heavy atom. The predicted octanol–water partition coefficient (Wildman–Crippen LogP) is 6.98. The first-order valence-corrected chi connectivity index (χ1v) is 23.3. The number of aromatic nitrogens is 2. The van der Waals surface area contributed by atoms with Crippen molar-refractivity contribution >= 4 is 29.6 Å². The average Bonchev–Trinajstić information content (AvgIpc) is 3.98. The molecule has 25 nitrogen and oxygen atoms in total. The normalized spacial score (nSPS) is 13.5. The Kier molecular flexibility index (Phi) is 23.9. The van der Waals surface area contributed by atoms with Crippen LogP contribution in [0.3, 0.4) is 0 Å². The number of fused-ring (bicyclic) bond motifs is 1. The van der Waals surface area contributed by atoms with Crippen molar-refractivity contribution in [1.29, 1.82) is 0 Å². The highest BCUT2D eigenvalue weighted by molar-refractivity contribution is 6.30. The fraction of sp³-hybridized carbons (Fsp3) is 0.457. The third kappa shape index (κ3) is 18.6. The third-order valence-corrected chi connectivity index (χ3v) is 11.3. The van der Waals surface area contributed by atoms with Crippen LogP contribution in [0, 0.1) is 0 Å². The molecule has 0 bridgehead atoms. The Morgan fingerprint density at radius 1 is 0.806 bits per heavy atom. The van der Waals surface area contributed by atoms with Crippen molar-refractivity contribution in [3.05, 3.63) is 99.2 Å². The number of methoxy groups -OCH3 is 1. The molecular formula is C46H61ClN6O19. The Hall–Kier alpha value is -5.40. The Bertz CT molecular complexity index is 2350. The number of carbonyl (C=O) groups excluding carboxylic acids is 2. The second-order valence-electron chi connectivity index (χ2n) is 16.1. The lowest BCUT2D eigenvalue weighted by atomic mass is 9.98. The van der Waals surface area contributed by atoms with Crippen molar-refractivity contribution in [1.82, 2.24) is 31.3 Å². The van der Waals surface area contributed by atoms with E-state index in [2.05, 4.69) is 9.68 Å². The van der Waals surface area contributed by atoms with Gasteiger partial charge < -0.3 is 23.7 Å². The first kappa shape index (κ1) is 57.5. The number of hydrogen-bond donors (Lipinski definition) is 8. The second-order valence-corrected chi connectivity index (χ2v) is 16.6. The molecular weight excluding hydrogens is 976 g/mol. The third-order valence-electron chi connectivity index (χ3n) is 11.0. The quantitative estimate of drug-likeness (QED) is 0.0103. The van der Waals surface area contributed by atoms with E-state index in [9.17, 15) is 9.59 Å². The molecule has 1 aromatic heterocycles. The number of aryl methyl sites for hydroxylation is 1. The van der Waals surface area contributed by atoms with Crippen LogP contribution in [0.4, 0.5) is 0 Å². The summed E-state index contributed by atoms with van der Waals surface area (Å²) in [5, 5.41) is 74.7. The van der Waals surface area contributed by atoms with Gasteiger partial charge in [0.05, 0.1) is 65.9 Å². The van der Waals surface area contributed by atoms with Crippen LogP contribution >= 0.6 is 11.6 Å². The van der Waals surface area contributed by atoms with Crippen LogP contribution in [-0.4, -0.2) is 137 Å². The maximum absolute atomic E-state index is 14.2. The Labute approximate surface area is 418 Å². The van der Waals surface area contributed by atoms with E-state index < -0.39 is 58.9 Å². The number of unbranched alkanes of at least 4 members (excludes halogenated alkanes) is 3. The maximum Gasteiger partial charge on any atom is 0.338 e. The molecule has 72 heavy (non-hydrogen) atoms. The van der Waals surface area contributed by atoms with E-state index in [-0.39, 0.29) is 50.2 Å². The molecule has 0 spiro atoms. The maximum atomic E-state index is 14.2. The molecule has 4 aromatic rings. The topological polar surface area (TPSA) is 310 Å². The zero-order valence-electron chi connectivity index (χ0n) is 39.7. The largest absolute Gasteiger partial charge is 0.496 e. The monoisotopic (exact) mass is 1040 g/mol. The number of benzene rings is 3. The van der Waals surface area contributed by atoms with Gasteiger partial charge in [-0.05, 0) is 87.4 Å². The van der Waals surface area contributed by atoms with Crippen LogP contribution in [-0.2, 0) is 59.6 Å². The highest BCUT2D eigenvalue weighted by Crippen LogP contribution is 2.38. The first-order chi connectivity index (χ1) is 34.6. The number of halogens is 1. The van der Waals surface area contributed by atoms with Gasteiger partial charge in [0.2, 0.25) is 0 Å². The molecule has 8 N–H and O–H groups in total. The minimum Gasteiger partial charge on any atom is -0.496 e. The highest BCUT2D eigenvalue weighted by atomic mass is 35.5. The summed E-state index contributed by atoms with van der Waals surface area (Å²) in [5.74, 6) is 0.321. The van der Waals surface area contributed by atoms with Crippen molar-refractivity contribution in [3.63, 3.8) is 0 Å². The molecule has 0 radical (unpaired) electrons. The van der Waals surface area contributed by atoms with Gasteiger partial charge in [0.25, 0.3) is 0 Å². The van der Waals surface area contributed by atoms with E-state index in [4.69, 9.17) is 91.7 Å². The summed E-state index contributed by atoms with van der Waals surface area (Å²) < 4.78 is 31.3. The first-order valence-electron chi connectivity index (χ1n) is 22.9. The zero-order valence-corrected chi connectivity index (χ0v) is 40.4. The van der Waals surface area contributed by atoms with Crippen LogP contribution < -0.4 is 14.2 Å². The molecule has 0 amide bonds. The number of esters is 2. The SMILES string of the molecule is CCCCn1ncc(/C=C(\Cc2cc3c(cc2OC)CCO3)C(=O)OCCCCC(CON(O)O)ON(O)O)c1-c1ccc(Cl)cc1OCc1ccccc1C(=O)OCCCCC(CON(O)O)ON(O)O. The van der Waals surface area contributed by atoms with Gasteiger partial charge in [-0.15, -0.1) is 0 Å². The van der Waals surface area contributed by atoms with E-state index in [1.807, 2.05) is 23.7 Å². The average molecular weight is 1040 g/mol. The van der Waals surface area contributed by atoms with Crippen molar-refractivity contribution in [2.24, 2.45) is 0 Å². The standard InChI is InChI=1S/C46H61ClN6O19/c1-3-4-18-49-44(40-16-15-36(47)26-43(40)68-28-32-11-5-6-14-39(32)46(55)67-20-10-8-13-38(72-53(62)63)30-70-51(58)59)35(27-48-49)23-34(22-33-25-42-31(17-21-65-42)24-41(33)64-2)45(54)66-19-9-7-12-37(71-52(60)61)29-69-50(56)57/h5-6,11,14-16,23-27,37-38,56-63H,3-4,7-10,12-13,17-22,28-30H2,1-2H3/b34-23+. The van der Waals surface area contributed by atoms with Crippen molar-refractivity contribution < 1.29 is 94.3 Å². The van der Waals surface area contributed by atoms with Gasteiger partial charge in [-0.1, -0.05) is 43.1 Å². The molecule has 0 saturated carbocycles. The summed E-state index contributed by atoms with van der Waals surface area (Å²) in [6, 6.07) is 15.6. The Balaban J connectivity index is 1.39. The van der Waals surface area contributed by atoms with Gasteiger partial charge in [0.15, 0.2) is 0 Å². The van der Waals surface area contributed by atoms with Gasteiger partial charge in [-0.3, -0.25) is 46.3 Å². The molecule has 1 aliphatic heterocycles. The summed E-state index contributed by atoms with van der Waals surface area (Å²) in [5.41, 5.74) is 4.36. The molecule has 2 unspecified atom stereocenters. The lowest BCUT2D eigenvalue weighted by Gasteiger charge is -2.19. The molecule has 1 aliphatic rings. The summed E-state index contributed by atoms with van der Waals surface area (Å²) in [6.07, 6.45) is 5.41. The van der Waals surface area contributed by atoms with Crippen molar-refractivity contribution in [3.8, 4) is 28.5 Å². The number of carbonyl (C=O) groups is 2. The molecule has 5 rings (SSSR count). The lowest BCUT2D eigenvalue weighted by molar-refractivity contribution is -0.527. The summed E-state index contributed by atoms with van der Waals surface area (Å²) in [4.78, 5) is 46.2. The van der Waals surface area contributed by atoms with Gasteiger partial charge in [0, 0.05) is 57.8 Å². The van der Waals surface area contributed by atoms with Crippen LogP contribution in [0.2, 0.25) is 5.02 Å². The highest BCUT2D eigenvalue weighted by Gasteiger charge is 2.24. The van der Waals surface area contributed by atoms with Gasteiger partial charge >= 0.3 is 11.9 Å². The lowest BCUT2D eigenvalue weighted by Crippen LogP contribution is -2.31. The van der Waals surface area contributed by atoms with Crippen LogP contribution in [0.1, 0.15) is 90.9 Å².